The molecule has 1 fully saturated rings. The Morgan fingerprint density at radius 2 is 2.10 bits per heavy atom. The minimum atomic E-state index is 0.511. The molecule has 1 aromatic rings. The molecule has 0 radical (unpaired) electrons. The van der Waals surface area contributed by atoms with Crippen molar-refractivity contribution in [3.63, 3.8) is 0 Å². The third-order valence-corrected chi connectivity index (χ3v) is 4.50. The van der Waals surface area contributed by atoms with Crippen molar-refractivity contribution in [1.29, 1.82) is 0 Å². The highest BCUT2D eigenvalue weighted by atomic mass is 16.3. The lowest BCUT2D eigenvalue weighted by molar-refractivity contribution is 0.0668. The van der Waals surface area contributed by atoms with Crippen LogP contribution in [0, 0.1) is 11.8 Å². The van der Waals surface area contributed by atoms with Crippen molar-refractivity contribution in [2.45, 2.75) is 66.2 Å². The fourth-order valence-electron chi connectivity index (χ4n) is 3.17. The first-order valence-corrected chi connectivity index (χ1v) is 7.99. The van der Waals surface area contributed by atoms with E-state index in [1.807, 2.05) is 6.26 Å². The standard InChI is InChI=1S/C17H30N2O/c1-12(2)18-8-16-7-17(20-11-16)10-19-9-13(3)6-14(4)15(19)5/h7,11-15,18H,6,8-10H2,1-5H3. The number of nitrogens with zero attached hydrogens (tertiary/aromatic N) is 1. The number of rotatable bonds is 5. The molecule has 1 aromatic heterocycles. The van der Waals surface area contributed by atoms with E-state index < -0.39 is 0 Å². The summed E-state index contributed by atoms with van der Waals surface area (Å²) in [6, 6.07) is 3.36. The van der Waals surface area contributed by atoms with Crippen molar-refractivity contribution < 1.29 is 4.42 Å². The van der Waals surface area contributed by atoms with Crippen molar-refractivity contribution in [2.75, 3.05) is 6.54 Å². The van der Waals surface area contributed by atoms with Crippen LogP contribution in [0.25, 0.3) is 0 Å². The van der Waals surface area contributed by atoms with Gasteiger partial charge in [0, 0.05) is 30.7 Å². The van der Waals surface area contributed by atoms with E-state index >= 15 is 0 Å². The molecule has 20 heavy (non-hydrogen) atoms. The molecule has 3 atom stereocenters. The van der Waals surface area contributed by atoms with E-state index in [4.69, 9.17) is 4.42 Å². The molecule has 2 heterocycles. The zero-order valence-electron chi connectivity index (χ0n) is 13.6. The summed E-state index contributed by atoms with van der Waals surface area (Å²) in [6.07, 6.45) is 3.24. The minimum absolute atomic E-state index is 0.511. The number of hydrogen-bond donors (Lipinski definition) is 1. The number of nitrogens with one attached hydrogen (secondary N) is 1. The van der Waals surface area contributed by atoms with Crippen LogP contribution < -0.4 is 5.32 Å². The predicted octanol–water partition coefficient (Wildman–Crippen LogP) is 3.64. The molecule has 1 saturated heterocycles. The highest BCUT2D eigenvalue weighted by molar-refractivity contribution is 5.13. The number of likely N-dealkylation sites (tertiary alicyclic amines) is 1. The topological polar surface area (TPSA) is 28.4 Å². The van der Waals surface area contributed by atoms with Crippen molar-refractivity contribution in [2.24, 2.45) is 11.8 Å². The van der Waals surface area contributed by atoms with Gasteiger partial charge in [0.15, 0.2) is 0 Å². The largest absolute Gasteiger partial charge is 0.468 e. The van der Waals surface area contributed by atoms with Gasteiger partial charge in [-0.05, 0) is 31.2 Å². The summed E-state index contributed by atoms with van der Waals surface area (Å²) in [6.45, 7) is 14.4. The van der Waals surface area contributed by atoms with E-state index in [0.717, 1.165) is 30.7 Å². The molecular weight excluding hydrogens is 248 g/mol. The molecule has 3 nitrogen and oxygen atoms in total. The molecule has 0 saturated carbocycles. The Labute approximate surface area is 123 Å². The monoisotopic (exact) mass is 278 g/mol. The number of furan rings is 1. The Balaban J connectivity index is 1.92. The number of hydrogen-bond acceptors (Lipinski definition) is 3. The first kappa shape index (κ1) is 15.6. The molecule has 3 unspecified atom stereocenters. The van der Waals surface area contributed by atoms with Crippen LogP contribution in [0.15, 0.2) is 16.7 Å². The molecule has 114 valence electrons. The van der Waals surface area contributed by atoms with Gasteiger partial charge >= 0.3 is 0 Å². The Morgan fingerprint density at radius 1 is 1.35 bits per heavy atom. The minimum Gasteiger partial charge on any atom is -0.468 e. The van der Waals surface area contributed by atoms with Crippen LogP contribution in [-0.4, -0.2) is 23.5 Å². The first-order valence-electron chi connectivity index (χ1n) is 7.99. The molecule has 1 aliphatic heterocycles. The van der Waals surface area contributed by atoms with Gasteiger partial charge in [0.1, 0.15) is 5.76 Å². The van der Waals surface area contributed by atoms with Gasteiger partial charge in [-0.15, -0.1) is 0 Å². The van der Waals surface area contributed by atoms with Gasteiger partial charge in [-0.1, -0.05) is 27.7 Å². The van der Waals surface area contributed by atoms with Gasteiger partial charge in [-0.25, -0.2) is 0 Å². The van der Waals surface area contributed by atoms with E-state index in [9.17, 15) is 0 Å². The molecule has 1 aliphatic rings. The van der Waals surface area contributed by atoms with E-state index in [1.165, 1.54) is 18.5 Å². The Hall–Kier alpha value is -0.800. The Morgan fingerprint density at radius 3 is 2.80 bits per heavy atom. The average Bonchev–Trinajstić information content (AvgIpc) is 2.80. The third kappa shape index (κ3) is 4.10. The molecule has 0 aromatic carbocycles. The molecule has 0 amide bonds. The smallest absolute Gasteiger partial charge is 0.118 e. The Kier molecular flexibility index (Phi) is 5.28. The van der Waals surface area contributed by atoms with Gasteiger partial charge in [0.05, 0.1) is 12.8 Å². The predicted molar refractivity (Wildman–Crippen MR) is 83.5 cm³/mol. The maximum Gasteiger partial charge on any atom is 0.118 e. The van der Waals surface area contributed by atoms with E-state index in [-0.39, 0.29) is 0 Å². The SMILES string of the molecule is CC1CC(C)C(C)N(Cc2cc(CNC(C)C)co2)C1. The summed E-state index contributed by atoms with van der Waals surface area (Å²) < 4.78 is 5.74. The van der Waals surface area contributed by atoms with Crippen molar-refractivity contribution in [3.05, 3.63) is 23.7 Å². The van der Waals surface area contributed by atoms with Crippen LogP contribution in [0.2, 0.25) is 0 Å². The second-order valence-electron chi connectivity index (χ2n) is 6.95. The van der Waals surface area contributed by atoms with Crippen molar-refractivity contribution >= 4 is 0 Å². The Bertz CT molecular complexity index is 413. The van der Waals surface area contributed by atoms with Crippen molar-refractivity contribution in [3.8, 4) is 0 Å². The number of piperidine rings is 1. The maximum atomic E-state index is 5.74. The molecule has 0 aliphatic carbocycles. The average molecular weight is 278 g/mol. The van der Waals surface area contributed by atoms with Crippen LogP contribution in [0.3, 0.4) is 0 Å². The summed E-state index contributed by atoms with van der Waals surface area (Å²) >= 11 is 0. The highest BCUT2D eigenvalue weighted by Gasteiger charge is 2.29. The first-order chi connectivity index (χ1) is 9.45. The van der Waals surface area contributed by atoms with Crippen LogP contribution in [0.5, 0.6) is 0 Å². The van der Waals surface area contributed by atoms with Crippen LogP contribution >= 0.6 is 0 Å². The van der Waals surface area contributed by atoms with Crippen LogP contribution in [-0.2, 0) is 13.1 Å². The van der Waals surface area contributed by atoms with E-state index in [2.05, 4.69) is 50.9 Å². The van der Waals surface area contributed by atoms with E-state index in [1.54, 1.807) is 0 Å². The second-order valence-corrected chi connectivity index (χ2v) is 6.95. The lowest BCUT2D eigenvalue weighted by Gasteiger charge is -2.40. The molecule has 3 heteroatoms. The fourth-order valence-corrected chi connectivity index (χ4v) is 3.17. The van der Waals surface area contributed by atoms with Crippen molar-refractivity contribution in [1.82, 2.24) is 10.2 Å². The summed E-state index contributed by atoms with van der Waals surface area (Å²) in [5.74, 6) is 2.66. The molecule has 0 bridgehead atoms. The molecular formula is C17H30N2O. The van der Waals surface area contributed by atoms with Gasteiger partial charge in [0.2, 0.25) is 0 Å². The van der Waals surface area contributed by atoms with Crippen LogP contribution in [0.4, 0.5) is 0 Å². The molecule has 0 spiro atoms. The third-order valence-electron chi connectivity index (χ3n) is 4.50. The summed E-state index contributed by atoms with van der Waals surface area (Å²) in [4.78, 5) is 2.57. The van der Waals surface area contributed by atoms with Gasteiger partial charge in [-0.3, -0.25) is 4.90 Å². The maximum absolute atomic E-state index is 5.74. The van der Waals surface area contributed by atoms with Crippen LogP contribution in [0.1, 0.15) is 52.4 Å². The lowest BCUT2D eigenvalue weighted by atomic mass is 9.86. The summed E-state index contributed by atoms with van der Waals surface area (Å²) in [7, 11) is 0. The quantitative estimate of drug-likeness (QED) is 0.891. The zero-order valence-corrected chi connectivity index (χ0v) is 13.6. The fraction of sp³-hybridized carbons (Fsp3) is 0.765. The van der Waals surface area contributed by atoms with Gasteiger partial charge in [0.25, 0.3) is 0 Å². The normalized spacial score (nSPS) is 28.2. The zero-order chi connectivity index (χ0) is 14.7. The lowest BCUT2D eigenvalue weighted by Crippen LogP contribution is -2.45. The highest BCUT2D eigenvalue weighted by Crippen LogP contribution is 2.28. The summed E-state index contributed by atoms with van der Waals surface area (Å²) in [5.41, 5.74) is 1.25. The second kappa shape index (κ2) is 6.77. The van der Waals surface area contributed by atoms with E-state index in [0.29, 0.717) is 12.1 Å². The molecule has 1 N–H and O–H groups in total. The molecule has 2 rings (SSSR count). The van der Waals surface area contributed by atoms with Gasteiger partial charge in [-0.2, -0.15) is 0 Å². The van der Waals surface area contributed by atoms with Gasteiger partial charge < -0.3 is 9.73 Å². The summed E-state index contributed by atoms with van der Waals surface area (Å²) in [5, 5.41) is 3.43.